The summed E-state index contributed by atoms with van der Waals surface area (Å²) >= 11 is 1.60. The van der Waals surface area contributed by atoms with Crippen LogP contribution in [0.5, 0.6) is 0 Å². The number of aromatic nitrogens is 2. The van der Waals surface area contributed by atoms with Crippen LogP contribution in [0.2, 0.25) is 0 Å². The van der Waals surface area contributed by atoms with Gasteiger partial charge in [-0.2, -0.15) is 0 Å². The maximum atomic E-state index is 4.17. The van der Waals surface area contributed by atoms with Crippen LogP contribution in [0.1, 0.15) is 21.3 Å². The summed E-state index contributed by atoms with van der Waals surface area (Å²) in [6, 6.07) is 5.82. The van der Waals surface area contributed by atoms with Crippen LogP contribution in [0.4, 0.5) is 0 Å². The fourth-order valence-corrected chi connectivity index (χ4v) is 1.45. The predicted molar refractivity (Wildman–Crippen MR) is 63.4 cm³/mol. The molecule has 2 nitrogen and oxygen atoms in total. The minimum Gasteiger partial charge on any atom is -0.254 e. The summed E-state index contributed by atoms with van der Waals surface area (Å²) in [5, 5.41) is 2.93. The van der Waals surface area contributed by atoms with Gasteiger partial charge in [-0.05, 0) is 12.1 Å². The number of thiazole rings is 1. The molecule has 76 valence electrons. The Kier molecular flexibility index (Phi) is 6.58. The second-order valence-electron chi connectivity index (χ2n) is 2.05. The fraction of sp³-hybridized carbons (Fsp3) is 0.273. The molecule has 0 bridgehead atoms. The summed E-state index contributed by atoms with van der Waals surface area (Å²) in [7, 11) is 0. The molecule has 0 atom stereocenters. The lowest BCUT2D eigenvalue weighted by Gasteiger charge is -1.90. The van der Waals surface area contributed by atoms with Gasteiger partial charge in [-0.1, -0.05) is 27.3 Å². The first-order chi connectivity index (χ1) is 6.47. The molecule has 0 aromatic carbocycles. The maximum Gasteiger partial charge on any atom is 0.141 e. The predicted octanol–water partition coefficient (Wildman–Crippen LogP) is 3.87. The number of pyridine rings is 1. The molecule has 0 amide bonds. The first-order valence-electron chi connectivity index (χ1n) is 4.28. The van der Waals surface area contributed by atoms with Crippen molar-refractivity contribution < 1.29 is 0 Å². The lowest BCUT2D eigenvalue weighted by atomic mass is 10.4. The molecule has 2 aromatic rings. The number of hydrogen-bond acceptors (Lipinski definition) is 3. The largest absolute Gasteiger partial charge is 0.254 e. The highest BCUT2D eigenvalue weighted by atomic mass is 32.1. The summed E-state index contributed by atoms with van der Waals surface area (Å²) in [6.45, 7) is 4.00. The third kappa shape index (κ3) is 3.26. The van der Waals surface area contributed by atoms with Crippen LogP contribution >= 0.6 is 11.3 Å². The van der Waals surface area contributed by atoms with Crippen molar-refractivity contribution in [2.24, 2.45) is 0 Å². The monoisotopic (exact) mass is 208 g/mol. The zero-order chi connectivity index (χ0) is 9.52. The van der Waals surface area contributed by atoms with E-state index in [9.17, 15) is 0 Å². The molecule has 0 spiro atoms. The Morgan fingerprint density at radius 1 is 1.07 bits per heavy atom. The standard InChI is InChI=1S/C8H6N2S.C2H6.CH4/c1-2-4-9-7(3-1)8-10-5-6-11-8;1-2;/h1-6H;1-2H3;1H4. The van der Waals surface area contributed by atoms with E-state index >= 15 is 0 Å². The first kappa shape index (κ1) is 12.8. The number of hydrogen-bond donors (Lipinski definition) is 0. The van der Waals surface area contributed by atoms with Crippen molar-refractivity contribution in [3.63, 3.8) is 0 Å². The molecule has 0 radical (unpaired) electrons. The molecular weight excluding hydrogens is 192 g/mol. The van der Waals surface area contributed by atoms with Gasteiger partial charge in [0.25, 0.3) is 0 Å². The molecule has 14 heavy (non-hydrogen) atoms. The summed E-state index contributed by atoms with van der Waals surface area (Å²) in [6.07, 6.45) is 3.56. The van der Waals surface area contributed by atoms with Gasteiger partial charge in [0.05, 0.1) is 5.69 Å². The van der Waals surface area contributed by atoms with Crippen molar-refractivity contribution in [1.29, 1.82) is 0 Å². The first-order valence-corrected chi connectivity index (χ1v) is 5.16. The molecule has 0 N–H and O–H groups in total. The average Bonchev–Trinajstić information content (AvgIpc) is 2.75. The van der Waals surface area contributed by atoms with Gasteiger partial charge >= 0.3 is 0 Å². The summed E-state index contributed by atoms with van der Waals surface area (Å²) < 4.78 is 0. The van der Waals surface area contributed by atoms with E-state index < -0.39 is 0 Å². The molecule has 0 saturated carbocycles. The molecule has 0 fully saturated rings. The van der Waals surface area contributed by atoms with Gasteiger partial charge in [0.2, 0.25) is 0 Å². The molecule has 2 heterocycles. The Balaban J connectivity index is 0.000000531. The van der Waals surface area contributed by atoms with E-state index in [0.29, 0.717) is 0 Å². The van der Waals surface area contributed by atoms with Crippen molar-refractivity contribution in [2.75, 3.05) is 0 Å². The molecule has 0 aliphatic rings. The van der Waals surface area contributed by atoms with Crippen molar-refractivity contribution in [3.8, 4) is 10.7 Å². The van der Waals surface area contributed by atoms with Gasteiger partial charge in [0.1, 0.15) is 5.01 Å². The molecular formula is C11H16N2S. The van der Waals surface area contributed by atoms with Crippen molar-refractivity contribution in [3.05, 3.63) is 36.0 Å². The van der Waals surface area contributed by atoms with Crippen LogP contribution < -0.4 is 0 Å². The van der Waals surface area contributed by atoms with Crippen LogP contribution in [-0.2, 0) is 0 Å². The normalized spacial score (nSPS) is 8.14. The topological polar surface area (TPSA) is 25.8 Å². The fourth-order valence-electron chi connectivity index (χ4n) is 0.839. The lowest BCUT2D eigenvalue weighted by molar-refractivity contribution is 1.29. The van der Waals surface area contributed by atoms with E-state index in [1.54, 1.807) is 23.7 Å². The van der Waals surface area contributed by atoms with E-state index in [1.165, 1.54) is 0 Å². The highest BCUT2D eigenvalue weighted by Crippen LogP contribution is 2.17. The third-order valence-corrected chi connectivity index (χ3v) is 2.11. The second-order valence-corrected chi connectivity index (χ2v) is 2.95. The van der Waals surface area contributed by atoms with E-state index in [-0.39, 0.29) is 7.43 Å². The summed E-state index contributed by atoms with van der Waals surface area (Å²) in [5.41, 5.74) is 0.947. The van der Waals surface area contributed by atoms with Gasteiger partial charge < -0.3 is 0 Å². The Labute approximate surface area is 89.7 Å². The molecule has 2 rings (SSSR count). The average molecular weight is 208 g/mol. The van der Waals surface area contributed by atoms with Crippen molar-refractivity contribution in [1.82, 2.24) is 9.97 Å². The SMILES string of the molecule is C.CC.c1ccc(-c2nccs2)nc1. The zero-order valence-electron chi connectivity index (χ0n) is 7.77. The molecule has 0 aliphatic carbocycles. The van der Waals surface area contributed by atoms with Crippen LogP contribution in [0.15, 0.2) is 36.0 Å². The van der Waals surface area contributed by atoms with E-state index in [4.69, 9.17) is 0 Å². The van der Waals surface area contributed by atoms with E-state index in [0.717, 1.165) is 10.7 Å². The molecule has 0 saturated heterocycles. The van der Waals surface area contributed by atoms with Gasteiger partial charge in [-0.3, -0.25) is 4.98 Å². The third-order valence-electron chi connectivity index (χ3n) is 1.32. The molecule has 2 aromatic heterocycles. The number of nitrogens with zero attached hydrogens (tertiary/aromatic N) is 2. The van der Waals surface area contributed by atoms with Crippen LogP contribution in [0.25, 0.3) is 10.7 Å². The van der Waals surface area contributed by atoms with Gasteiger partial charge in [-0.15, -0.1) is 11.3 Å². The summed E-state index contributed by atoms with van der Waals surface area (Å²) in [5.74, 6) is 0. The minimum absolute atomic E-state index is 0. The Hall–Kier alpha value is -1.22. The van der Waals surface area contributed by atoms with E-state index in [1.807, 2.05) is 37.4 Å². The Morgan fingerprint density at radius 3 is 2.36 bits per heavy atom. The minimum atomic E-state index is 0. The van der Waals surface area contributed by atoms with Crippen molar-refractivity contribution in [2.45, 2.75) is 21.3 Å². The van der Waals surface area contributed by atoms with Crippen LogP contribution in [0, 0.1) is 0 Å². The van der Waals surface area contributed by atoms with E-state index in [2.05, 4.69) is 9.97 Å². The Morgan fingerprint density at radius 2 is 1.86 bits per heavy atom. The second kappa shape index (κ2) is 7.21. The highest BCUT2D eigenvalue weighted by molar-refractivity contribution is 7.13. The smallest absolute Gasteiger partial charge is 0.141 e. The zero-order valence-corrected chi connectivity index (χ0v) is 8.58. The van der Waals surface area contributed by atoms with Crippen LogP contribution in [-0.4, -0.2) is 9.97 Å². The van der Waals surface area contributed by atoms with Gasteiger partial charge in [0, 0.05) is 17.8 Å². The summed E-state index contributed by atoms with van der Waals surface area (Å²) in [4.78, 5) is 8.31. The van der Waals surface area contributed by atoms with Crippen molar-refractivity contribution >= 4 is 11.3 Å². The number of rotatable bonds is 1. The Bertz CT molecular complexity index is 316. The highest BCUT2D eigenvalue weighted by Gasteiger charge is 1.97. The maximum absolute atomic E-state index is 4.17. The van der Waals surface area contributed by atoms with Gasteiger partial charge in [-0.25, -0.2) is 4.98 Å². The molecule has 0 aliphatic heterocycles. The quantitative estimate of drug-likeness (QED) is 0.711. The van der Waals surface area contributed by atoms with Crippen LogP contribution in [0.3, 0.4) is 0 Å². The molecule has 0 unspecified atom stereocenters. The molecule has 3 heteroatoms. The lowest BCUT2D eigenvalue weighted by Crippen LogP contribution is -1.78. The van der Waals surface area contributed by atoms with Gasteiger partial charge in [0.15, 0.2) is 0 Å².